The minimum Gasteiger partial charge on any atom is -0.490 e. The lowest BCUT2D eigenvalue weighted by Gasteiger charge is -2.22. The van der Waals surface area contributed by atoms with Gasteiger partial charge >= 0.3 is 0 Å². The molecule has 2 aromatic rings. The van der Waals surface area contributed by atoms with E-state index in [1.165, 1.54) is 6.07 Å². The number of rotatable bonds is 6. The summed E-state index contributed by atoms with van der Waals surface area (Å²) in [6.45, 7) is 3.04. The van der Waals surface area contributed by atoms with Gasteiger partial charge in [0.2, 0.25) is 5.82 Å². The number of aromatic nitrogens is 2. The standard InChI is InChI=1S/C20H24F2N2O4S/c21-18-15(28-10-12-1-5-26-6-2-12)9-14-17(19(18)22)20(25)24-16(23-14)11-29-13-3-7-27-8-4-13/h9,12-13H,1-8,10-11H2,(H,23,24,25). The van der Waals surface area contributed by atoms with Crippen molar-refractivity contribution < 1.29 is 23.0 Å². The average molecular weight is 426 g/mol. The van der Waals surface area contributed by atoms with Gasteiger partial charge < -0.3 is 19.2 Å². The van der Waals surface area contributed by atoms with Crippen LogP contribution in [0.2, 0.25) is 0 Å². The Kier molecular flexibility index (Phi) is 6.67. The van der Waals surface area contributed by atoms with Gasteiger partial charge in [-0.15, -0.1) is 0 Å². The molecule has 0 aliphatic carbocycles. The van der Waals surface area contributed by atoms with Crippen molar-refractivity contribution in [2.75, 3.05) is 33.0 Å². The van der Waals surface area contributed by atoms with E-state index in [1.54, 1.807) is 11.8 Å². The molecule has 4 rings (SSSR count). The van der Waals surface area contributed by atoms with Crippen LogP contribution >= 0.6 is 11.8 Å². The van der Waals surface area contributed by atoms with Gasteiger partial charge in [0.1, 0.15) is 11.2 Å². The molecule has 0 amide bonds. The predicted octanol–water partition coefficient (Wildman–Crippen LogP) is 3.42. The summed E-state index contributed by atoms with van der Waals surface area (Å²) < 4.78 is 45.2. The maximum Gasteiger partial charge on any atom is 0.261 e. The fraction of sp³-hybridized carbons (Fsp3) is 0.600. The van der Waals surface area contributed by atoms with Crippen LogP contribution in [0.1, 0.15) is 31.5 Å². The van der Waals surface area contributed by atoms with Gasteiger partial charge in [0.15, 0.2) is 11.6 Å². The van der Waals surface area contributed by atoms with E-state index in [2.05, 4.69) is 9.97 Å². The summed E-state index contributed by atoms with van der Waals surface area (Å²) in [4.78, 5) is 19.3. The van der Waals surface area contributed by atoms with Crippen molar-refractivity contribution >= 4 is 22.7 Å². The number of aromatic amines is 1. The van der Waals surface area contributed by atoms with E-state index in [1.807, 2.05) is 0 Å². The largest absolute Gasteiger partial charge is 0.490 e. The quantitative estimate of drug-likeness (QED) is 0.763. The van der Waals surface area contributed by atoms with E-state index < -0.39 is 17.2 Å². The molecule has 29 heavy (non-hydrogen) atoms. The number of nitrogens with one attached hydrogen (secondary N) is 1. The summed E-state index contributed by atoms with van der Waals surface area (Å²) in [5.74, 6) is -1.40. The molecule has 2 fully saturated rings. The van der Waals surface area contributed by atoms with Crippen molar-refractivity contribution in [1.82, 2.24) is 9.97 Å². The smallest absolute Gasteiger partial charge is 0.261 e. The fourth-order valence-electron chi connectivity index (χ4n) is 3.59. The summed E-state index contributed by atoms with van der Waals surface area (Å²) >= 11 is 1.68. The maximum absolute atomic E-state index is 14.5. The van der Waals surface area contributed by atoms with Crippen molar-refractivity contribution in [1.29, 1.82) is 0 Å². The van der Waals surface area contributed by atoms with E-state index in [9.17, 15) is 13.6 Å². The van der Waals surface area contributed by atoms with Gasteiger partial charge in [0.25, 0.3) is 5.56 Å². The number of hydrogen-bond acceptors (Lipinski definition) is 6. The van der Waals surface area contributed by atoms with Gasteiger partial charge in [0, 0.05) is 37.7 Å². The second-order valence-corrected chi connectivity index (χ2v) is 8.69. The molecule has 1 N–H and O–H groups in total. The Morgan fingerprint density at radius 2 is 1.79 bits per heavy atom. The highest BCUT2D eigenvalue weighted by Gasteiger charge is 2.21. The SMILES string of the molecule is O=c1[nH]c(CSC2CCOCC2)nc2cc(OCC3CCOCC3)c(F)c(F)c12. The number of halogens is 2. The molecule has 0 saturated carbocycles. The van der Waals surface area contributed by atoms with Crippen LogP contribution in [0, 0.1) is 17.6 Å². The highest BCUT2D eigenvalue weighted by Crippen LogP contribution is 2.28. The van der Waals surface area contributed by atoms with Gasteiger partial charge in [0.05, 0.1) is 17.9 Å². The molecule has 0 bridgehead atoms. The third-order valence-corrected chi connectivity index (χ3v) is 6.72. The third-order valence-electron chi connectivity index (χ3n) is 5.33. The lowest BCUT2D eigenvalue weighted by atomic mass is 10.0. The zero-order valence-electron chi connectivity index (χ0n) is 16.0. The Balaban J connectivity index is 1.53. The first-order chi connectivity index (χ1) is 14.1. The Bertz CT molecular complexity index is 911. The molecular weight excluding hydrogens is 402 g/mol. The van der Waals surface area contributed by atoms with Crippen LogP contribution in [-0.4, -0.2) is 48.3 Å². The summed E-state index contributed by atoms with van der Waals surface area (Å²) in [6, 6.07) is 1.32. The molecule has 2 aliphatic rings. The molecule has 2 saturated heterocycles. The minimum atomic E-state index is -1.22. The number of hydrogen-bond donors (Lipinski definition) is 1. The van der Waals surface area contributed by atoms with Crippen LogP contribution in [0.4, 0.5) is 8.78 Å². The van der Waals surface area contributed by atoms with E-state index in [-0.39, 0.29) is 29.2 Å². The fourth-order valence-corrected chi connectivity index (χ4v) is 4.65. The van der Waals surface area contributed by atoms with Crippen LogP contribution in [0.3, 0.4) is 0 Å². The molecule has 158 valence electrons. The molecule has 0 atom stereocenters. The van der Waals surface area contributed by atoms with Gasteiger partial charge in [-0.25, -0.2) is 9.37 Å². The molecule has 1 aromatic carbocycles. The molecule has 3 heterocycles. The van der Waals surface area contributed by atoms with Crippen LogP contribution < -0.4 is 10.3 Å². The first-order valence-corrected chi connectivity index (χ1v) is 11.0. The number of fused-ring (bicyclic) bond motifs is 1. The molecule has 1 aromatic heterocycles. The zero-order valence-corrected chi connectivity index (χ0v) is 16.9. The van der Waals surface area contributed by atoms with Gasteiger partial charge in [-0.3, -0.25) is 4.79 Å². The minimum absolute atomic E-state index is 0.109. The lowest BCUT2D eigenvalue weighted by Crippen LogP contribution is -2.22. The number of nitrogens with zero attached hydrogens (tertiary/aromatic N) is 1. The molecule has 9 heteroatoms. The van der Waals surface area contributed by atoms with Crippen molar-refractivity contribution in [2.45, 2.75) is 36.7 Å². The summed E-state index contributed by atoms with van der Waals surface area (Å²) in [5.41, 5.74) is -0.567. The predicted molar refractivity (Wildman–Crippen MR) is 106 cm³/mol. The van der Waals surface area contributed by atoms with E-state index in [0.717, 1.165) is 38.9 Å². The second kappa shape index (κ2) is 9.40. The first-order valence-electron chi connectivity index (χ1n) is 9.92. The molecule has 0 unspecified atom stereocenters. The summed E-state index contributed by atoms with van der Waals surface area (Å²) in [6.07, 6.45) is 3.55. The van der Waals surface area contributed by atoms with E-state index in [0.29, 0.717) is 30.0 Å². The van der Waals surface area contributed by atoms with E-state index >= 15 is 0 Å². The van der Waals surface area contributed by atoms with Crippen molar-refractivity contribution in [3.05, 3.63) is 33.9 Å². The topological polar surface area (TPSA) is 73.4 Å². The number of thioether (sulfide) groups is 1. The number of benzene rings is 1. The molecule has 0 spiro atoms. The van der Waals surface area contributed by atoms with Crippen molar-refractivity contribution in [2.24, 2.45) is 5.92 Å². The summed E-state index contributed by atoms with van der Waals surface area (Å²) in [5, 5.41) is 0.0637. The second-order valence-electron chi connectivity index (χ2n) is 7.40. The first kappa shape index (κ1) is 20.6. The molecule has 6 nitrogen and oxygen atoms in total. The van der Waals surface area contributed by atoms with Crippen LogP contribution in [0.15, 0.2) is 10.9 Å². The monoisotopic (exact) mass is 426 g/mol. The Labute approximate surface area is 171 Å². The van der Waals surface area contributed by atoms with Crippen molar-refractivity contribution in [3.8, 4) is 5.75 Å². The van der Waals surface area contributed by atoms with Crippen LogP contribution in [0.25, 0.3) is 10.9 Å². The van der Waals surface area contributed by atoms with Gasteiger partial charge in [-0.2, -0.15) is 16.2 Å². The van der Waals surface area contributed by atoms with Crippen molar-refractivity contribution in [3.63, 3.8) is 0 Å². The van der Waals surface area contributed by atoms with Crippen LogP contribution in [-0.2, 0) is 15.2 Å². The summed E-state index contributed by atoms with van der Waals surface area (Å²) in [7, 11) is 0. The Morgan fingerprint density at radius 1 is 1.10 bits per heavy atom. The maximum atomic E-state index is 14.5. The van der Waals surface area contributed by atoms with Crippen LogP contribution in [0.5, 0.6) is 5.75 Å². The average Bonchev–Trinajstić information content (AvgIpc) is 2.75. The molecular formula is C20H24F2N2O4S. The lowest BCUT2D eigenvalue weighted by molar-refractivity contribution is 0.0491. The van der Waals surface area contributed by atoms with Gasteiger partial charge in [-0.05, 0) is 31.6 Å². The Morgan fingerprint density at radius 3 is 2.52 bits per heavy atom. The Hall–Kier alpha value is -1.71. The highest BCUT2D eigenvalue weighted by atomic mass is 32.2. The normalized spacial score (nSPS) is 19.0. The zero-order chi connectivity index (χ0) is 20.2. The molecule has 0 radical (unpaired) electrons. The van der Waals surface area contributed by atoms with Gasteiger partial charge in [-0.1, -0.05) is 0 Å². The third kappa shape index (κ3) is 4.90. The number of ether oxygens (including phenoxy) is 3. The number of H-pyrrole nitrogens is 1. The highest BCUT2D eigenvalue weighted by molar-refractivity contribution is 7.99. The molecule has 2 aliphatic heterocycles. The van der Waals surface area contributed by atoms with E-state index in [4.69, 9.17) is 14.2 Å².